The van der Waals surface area contributed by atoms with Gasteiger partial charge in [-0.1, -0.05) is 18.1 Å². The van der Waals surface area contributed by atoms with E-state index in [2.05, 4.69) is 20.8 Å². The molecule has 3 aliphatic heterocycles. The van der Waals surface area contributed by atoms with Gasteiger partial charge in [0.2, 0.25) is 12.3 Å². The van der Waals surface area contributed by atoms with Crippen LogP contribution < -0.4 is 15.0 Å². The van der Waals surface area contributed by atoms with Crippen LogP contribution in [0, 0.1) is 29.9 Å². The number of amides is 2. The molecule has 3 saturated heterocycles. The van der Waals surface area contributed by atoms with Crippen molar-refractivity contribution in [1.29, 1.82) is 0 Å². The number of phenols is 1. The Morgan fingerprint density at radius 1 is 1.18 bits per heavy atom. The molecule has 7 rings (SSSR count). The number of hydrogen-bond donors (Lipinski definition) is 2. The Kier molecular flexibility index (Phi) is 9.07. The number of anilines is 1. The monoisotopic (exact) mass is 716 g/mol. The van der Waals surface area contributed by atoms with Crippen LogP contribution in [0.1, 0.15) is 31.2 Å². The zero-order chi connectivity index (χ0) is 35.9. The number of benzene rings is 2. The van der Waals surface area contributed by atoms with E-state index in [9.17, 15) is 27.5 Å². The highest BCUT2D eigenvalue weighted by atomic mass is 32.2. The highest BCUT2D eigenvalue weighted by molar-refractivity contribution is 7.91. The average Bonchev–Trinajstić information content (AvgIpc) is 3.64. The Hall–Kier alpha value is -5.20. The topological polar surface area (TPSA) is 155 Å². The summed E-state index contributed by atoms with van der Waals surface area (Å²) in [6.07, 6.45) is 13.7. The fourth-order valence-electron chi connectivity index (χ4n) is 7.65. The lowest BCUT2D eigenvalue weighted by Crippen LogP contribution is -2.43. The summed E-state index contributed by atoms with van der Waals surface area (Å²) >= 11 is 0. The third-order valence-corrected chi connectivity index (χ3v) is 11.7. The zero-order valence-electron chi connectivity index (χ0n) is 27.4. The number of fused-ring (bicyclic) bond motifs is 3. The van der Waals surface area contributed by atoms with Crippen molar-refractivity contribution < 1.29 is 36.6 Å². The van der Waals surface area contributed by atoms with E-state index >= 15 is 4.39 Å². The molecule has 15 heteroatoms. The number of pyridine rings is 1. The van der Waals surface area contributed by atoms with Crippen LogP contribution in [-0.4, -0.2) is 95.5 Å². The lowest BCUT2D eigenvalue weighted by Gasteiger charge is -2.31. The van der Waals surface area contributed by atoms with Crippen molar-refractivity contribution in [2.75, 3.05) is 49.2 Å². The third kappa shape index (κ3) is 6.57. The average molecular weight is 717 g/mol. The molecule has 2 amide bonds. The molecule has 5 heterocycles. The van der Waals surface area contributed by atoms with Gasteiger partial charge in [-0.25, -0.2) is 17.2 Å². The number of rotatable bonds is 8. The predicted molar refractivity (Wildman–Crippen MR) is 186 cm³/mol. The molecule has 0 saturated carbocycles. The van der Waals surface area contributed by atoms with Gasteiger partial charge in [0.1, 0.15) is 35.2 Å². The molecule has 1 atom stereocenters. The molecular weight excluding hydrogens is 682 g/mol. The Labute approximate surface area is 292 Å². The summed E-state index contributed by atoms with van der Waals surface area (Å²) in [5.74, 6) is -1.25. The van der Waals surface area contributed by atoms with Gasteiger partial charge in [0.25, 0.3) is 0 Å². The van der Waals surface area contributed by atoms with Gasteiger partial charge in [0.15, 0.2) is 15.7 Å². The molecule has 3 fully saturated rings. The Morgan fingerprint density at radius 3 is 2.71 bits per heavy atom. The van der Waals surface area contributed by atoms with Crippen LogP contribution >= 0.6 is 0 Å². The number of aromatic nitrogens is 3. The van der Waals surface area contributed by atoms with Crippen LogP contribution in [0.15, 0.2) is 42.6 Å². The van der Waals surface area contributed by atoms with Crippen molar-refractivity contribution >= 4 is 49.6 Å². The summed E-state index contributed by atoms with van der Waals surface area (Å²) in [4.78, 5) is 40.4. The smallest absolute Gasteiger partial charge is 0.319 e. The first-order valence-electron chi connectivity index (χ1n) is 16.5. The summed E-state index contributed by atoms with van der Waals surface area (Å²) < 4.78 is 64.0. The fraction of sp³-hybridized carbons (Fsp3) is 0.361. The maximum atomic E-state index is 17.0. The van der Waals surface area contributed by atoms with Crippen LogP contribution in [0.5, 0.6) is 11.8 Å². The molecule has 2 N–H and O–H groups in total. The van der Waals surface area contributed by atoms with Crippen molar-refractivity contribution in [2.45, 2.75) is 31.2 Å². The number of terminal acetylenes is 1. The van der Waals surface area contributed by atoms with Gasteiger partial charge in [-0.2, -0.15) is 9.97 Å². The number of sulfone groups is 1. The maximum absolute atomic E-state index is 17.0. The van der Waals surface area contributed by atoms with Crippen LogP contribution in [-0.2, 0) is 19.4 Å². The van der Waals surface area contributed by atoms with Crippen LogP contribution in [0.3, 0.4) is 0 Å². The number of halogens is 2. The second-order valence-corrected chi connectivity index (χ2v) is 15.4. The predicted octanol–water partition coefficient (Wildman–Crippen LogP) is 3.50. The molecule has 264 valence electrons. The van der Waals surface area contributed by atoms with Gasteiger partial charge in [-0.05, 0) is 68.4 Å². The van der Waals surface area contributed by atoms with E-state index < -0.39 is 33.3 Å². The molecule has 4 aromatic rings. The van der Waals surface area contributed by atoms with E-state index in [0.717, 1.165) is 44.8 Å². The van der Waals surface area contributed by atoms with Gasteiger partial charge in [-0.3, -0.25) is 24.8 Å². The molecule has 2 aromatic carbocycles. The van der Waals surface area contributed by atoms with E-state index in [1.54, 1.807) is 4.90 Å². The van der Waals surface area contributed by atoms with E-state index in [-0.39, 0.29) is 93.8 Å². The number of phenolic OH excluding ortho intramolecular Hbond substituents is 1. The Morgan fingerprint density at radius 2 is 1.96 bits per heavy atom. The molecule has 2 aromatic heterocycles. The summed E-state index contributed by atoms with van der Waals surface area (Å²) in [5.41, 5.74) is -0.708. The first-order valence-corrected chi connectivity index (χ1v) is 18.4. The molecule has 0 radical (unpaired) electrons. The third-order valence-electron chi connectivity index (χ3n) is 9.99. The van der Waals surface area contributed by atoms with Gasteiger partial charge in [0.05, 0.1) is 28.0 Å². The normalized spacial score (nSPS) is 19.9. The maximum Gasteiger partial charge on any atom is 0.319 e. The lowest BCUT2D eigenvalue weighted by molar-refractivity contribution is -0.121. The number of aromatic hydroxyl groups is 1. The number of carbonyl (C=O) groups is 2. The van der Waals surface area contributed by atoms with Crippen LogP contribution in [0.2, 0.25) is 0 Å². The number of nitrogens with one attached hydrogen (secondary N) is 1. The number of nitrogens with zero attached hydrogens (tertiary/aromatic N) is 5. The minimum atomic E-state index is -3.59. The van der Waals surface area contributed by atoms with Gasteiger partial charge >= 0.3 is 6.01 Å². The largest absolute Gasteiger partial charge is 0.508 e. The van der Waals surface area contributed by atoms with E-state index in [0.29, 0.717) is 5.39 Å². The van der Waals surface area contributed by atoms with Crippen molar-refractivity contribution in [2.24, 2.45) is 5.92 Å². The van der Waals surface area contributed by atoms with Crippen molar-refractivity contribution in [3.8, 4) is 35.4 Å². The number of hydrogen-bond acceptors (Lipinski definition) is 11. The molecule has 51 heavy (non-hydrogen) atoms. The Bertz CT molecular complexity index is 2250. The summed E-state index contributed by atoms with van der Waals surface area (Å²) in [5, 5.41) is 13.3. The first-order chi connectivity index (χ1) is 24.5. The number of imide groups is 1. The first kappa shape index (κ1) is 34.3. The lowest BCUT2D eigenvalue weighted by atomic mass is 9.95. The standard InChI is InChI=1S/C36H34F2N6O6S/c1-2-25-28(37)7-6-23-15-24(46)16-26(30(23)25)32-31(38)33-27(17-39-32)34(42-35(41-33)50-20-36-9-3-11-44(36)12-4-10-36)43-13-14-51(48,49)19-22(18-43)5-8-29(47)40-21-45/h1,5-8,15-17,21-22,46H,3-4,9-14,18-20H2,(H,40,45,47)/t22-/m0/s1. The quantitative estimate of drug-likeness (QED) is 0.157. The zero-order valence-corrected chi connectivity index (χ0v) is 28.3. The minimum absolute atomic E-state index is 0.0121. The molecular formula is C36H34F2N6O6S. The van der Waals surface area contributed by atoms with E-state index in [1.807, 2.05) is 5.32 Å². The SMILES string of the molecule is C#Cc1c(F)ccc2cc(O)cc(-c3ncc4c(N5CCS(=O)(=O)C[C@@H](C=CC(=O)NC=O)C5)nc(OCC56CCCN5CCC6)nc4c3F)c12. The molecule has 0 bridgehead atoms. The molecule has 0 aliphatic carbocycles. The van der Waals surface area contributed by atoms with Gasteiger partial charge < -0.3 is 14.7 Å². The molecule has 0 unspecified atom stereocenters. The van der Waals surface area contributed by atoms with Gasteiger partial charge in [-0.15, -0.1) is 6.42 Å². The molecule has 0 spiro atoms. The highest BCUT2D eigenvalue weighted by Crippen LogP contribution is 2.41. The second kappa shape index (κ2) is 13.5. The van der Waals surface area contributed by atoms with Crippen molar-refractivity contribution in [3.05, 3.63) is 59.8 Å². The van der Waals surface area contributed by atoms with E-state index in [4.69, 9.17) is 16.1 Å². The Balaban J connectivity index is 1.37. The van der Waals surface area contributed by atoms with Gasteiger partial charge in [0, 0.05) is 36.2 Å². The van der Waals surface area contributed by atoms with Crippen molar-refractivity contribution in [3.63, 3.8) is 0 Å². The summed E-state index contributed by atoms with van der Waals surface area (Å²) in [6.45, 7) is 2.24. The number of ether oxygens (including phenoxy) is 1. The molecule has 3 aliphatic rings. The van der Waals surface area contributed by atoms with E-state index in [1.165, 1.54) is 36.5 Å². The van der Waals surface area contributed by atoms with Crippen LogP contribution in [0.25, 0.3) is 32.9 Å². The minimum Gasteiger partial charge on any atom is -0.508 e. The summed E-state index contributed by atoms with van der Waals surface area (Å²) in [6, 6.07) is 5.12. The summed E-state index contributed by atoms with van der Waals surface area (Å²) in [7, 11) is -3.59. The van der Waals surface area contributed by atoms with Crippen LogP contribution in [0.4, 0.5) is 14.6 Å². The number of carbonyl (C=O) groups excluding carboxylic acids is 2. The second-order valence-electron chi connectivity index (χ2n) is 13.2. The highest BCUT2D eigenvalue weighted by Gasteiger charge is 2.45. The fourth-order valence-corrected chi connectivity index (χ4v) is 9.19. The van der Waals surface area contributed by atoms with Crippen molar-refractivity contribution in [1.82, 2.24) is 25.2 Å². The molecule has 12 nitrogen and oxygen atoms in total.